The van der Waals surface area contributed by atoms with Crippen LogP contribution in [0.2, 0.25) is 0 Å². The summed E-state index contributed by atoms with van der Waals surface area (Å²) in [6.45, 7) is 5.35. The fraction of sp³-hybridized carbons (Fsp3) is 0.917. The number of carbonyl (C=O) groups is 1. The lowest BCUT2D eigenvalue weighted by Gasteiger charge is -2.10. The Bertz CT molecular complexity index is 183. The van der Waals surface area contributed by atoms with Gasteiger partial charge in [-0.3, -0.25) is 4.79 Å². The van der Waals surface area contributed by atoms with Crippen molar-refractivity contribution in [2.75, 3.05) is 19.8 Å². The summed E-state index contributed by atoms with van der Waals surface area (Å²) in [6, 6.07) is 0. The van der Waals surface area contributed by atoms with Gasteiger partial charge in [-0.1, -0.05) is 12.8 Å². The van der Waals surface area contributed by atoms with Gasteiger partial charge in [0.2, 0.25) is 0 Å². The minimum absolute atomic E-state index is 0.235. The van der Waals surface area contributed by atoms with E-state index in [1.807, 2.05) is 13.8 Å². The number of Topliss-reactive ketones (excluding diaryl/α,β-unsaturated/α-hetero) is 1. The van der Waals surface area contributed by atoms with Gasteiger partial charge < -0.3 is 9.47 Å². The Kier molecular flexibility index (Phi) is 5.88. The Balaban J connectivity index is 1.97. The molecule has 0 amide bonds. The molecule has 1 aliphatic rings. The van der Waals surface area contributed by atoms with Crippen molar-refractivity contribution < 1.29 is 14.3 Å². The SMILES string of the molecule is CC(C)OCCOCC(=O)C1CCCC1. The van der Waals surface area contributed by atoms with Crippen molar-refractivity contribution in [1.29, 1.82) is 0 Å². The van der Waals surface area contributed by atoms with Gasteiger partial charge in [0, 0.05) is 5.92 Å². The number of hydrogen-bond acceptors (Lipinski definition) is 3. The van der Waals surface area contributed by atoms with Gasteiger partial charge in [0.05, 0.1) is 19.3 Å². The Morgan fingerprint density at radius 3 is 2.53 bits per heavy atom. The van der Waals surface area contributed by atoms with Gasteiger partial charge in [-0.05, 0) is 26.7 Å². The largest absolute Gasteiger partial charge is 0.376 e. The van der Waals surface area contributed by atoms with Gasteiger partial charge in [-0.25, -0.2) is 0 Å². The summed E-state index contributed by atoms with van der Waals surface area (Å²) in [7, 11) is 0. The van der Waals surface area contributed by atoms with Crippen LogP contribution in [0.3, 0.4) is 0 Å². The van der Waals surface area contributed by atoms with E-state index in [1.54, 1.807) is 0 Å². The first-order chi connectivity index (χ1) is 7.20. The summed E-state index contributed by atoms with van der Waals surface area (Å²) in [5.41, 5.74) is 0. The molecule has 0 heterocycles. The van der Waals surface area contributed by atoms with Crippen LogP contribution in [0.15, 0.2) is 0 Å². The molecule has 0 aromatic carbocycles. The summed E-state index contributed by atoms with van der Waals surface area (Å²) >= 11 is 0. The van der Waals surface area contributed by atoms with E-state index in [-0.39, 0.29) is 24.4 Å². The standard InChI is InChI=1S/C12H22O3/c1-10(2)15-8-7-14-9-12(13)11-5-3-4-6-11/h10-11H,3-9H2,1-2H3. The second kappa shape index (κ2) is 6.96. The topological polar surface area (TPSA) is 35.5 Å². The second-order valence-corrected chi connectivity index (χ2v) is 4.42. The molecule has 0 saturated heterocycles. The molecule has 0 N–H and O–H groups in total. The van der Waals surface area contributed by atoms with Crippen LogP contribution >= 0.6 is 0 Å². The van der Waals surface area contributed by atoms with Crippen molar-refractivity contribution in [3.8, 4) is 0 Å². The van der Waals surface area contributed by atoms with Crippen LogP contribution in [0.5, 0.6) is 0 Å². The third-order valence-corrected chi connectivity index (χ3v) is 2.73. The molecule has 0 unspecified atom stereocenters. The highest BCUT2D eigenvalue weighted by Gasteiger charge is 2.22. The lowest BCUT2D eigenvalue weighted by atomic mass is 10.0. The van der Waals surface area contributed by atoms with Crippen LogP contribution in [0, 0.1) is 5.92 Å². The lowest BCUT2D eigenvalue weighted by molar-refractivity contribution is -0.128. The third-order valence-electron chi connectivity index (χ3n) is 2.73. The number of ether oxygens (including phenoxy) is 2. The highest BCUT2D eigenvalue weighted by atomic mass is 16.5. The van der Waals surface area contributed by atoms with Gasteiger partial charge in [0.25, 0.3) is 0 Å². The summed E-state index contributed by atoms with van der Waals surface area (Å²) < 4.78 is 10.6. The number of ketones is 1. The van der Waals surface area contributed by atoms with Crippen LogP contribution < -0.4 is 0 Å². The third kappa shape index (κ3) is 5.28. The summed E-state index contributed by atoms with van der Waals surface area (Å²) in [6.07, 6.45) is 4.76. The van der Waals surface area contributed by atoms with Crippen molar-refractivity contribution in [3.63, 3.8) is 0 Å². The minimum atomic E-state index is 0.235. The maximum Gasteiger partial charge on any atom is 0.161 e. The number of hydrogen-bond donors (Lipinski definition) is 0. The van der Waals surface area contributed by atoms with Crippen LogP contribution in [0.1, 0.15) is 39.5 Å². The molecule has 0 bridgehead atoms. The lowest BCUT2D eigenvalue weighted by Crippen LogP contribution is -2.19. The molecule has 3 heteroatoms. The Morgan fingerprint density at radius 2 is 1.93 bits per heavy atom. The zero-order valence-corrected chi connectivity index (χ0v) is 9.83. The number of carbonyl (C=O) groups excluding carboxylic acids is 1. The van der Waals surface area contributed by atoms with E-state index < -0.39 is 0 Å². The van der Waals surface area contributed by atoms with E-state index in [9.17, 15) is 4.79 Å². The molecule has 3 nitrogen and oxygen atoms in total. The minimum Gasteiger partial charge on any atom is -0.376 e. The zero-order valence-electron chi connectivity index (χ0n) is 9.83. The molecule has 1 rings (SSSR count). The van der Waals surface area contributed by atoms with E-state index >= 15 is 0 Å². The molecule has 0 aliphatic heterocycles. The Hall–Kier alpha value is -0.410. The molecule has 0 radical (unpaired) electrons. The van der Waals surface area contributed by atoms with E-state index in [0.29, 0.717) is 13.2 Å². The Morgan fingerprint density at radius 1 is 1.27 bits per heavy atom. The fourth-order valence-electron chi connectivity index (χ4n) is 1.88. The molecule has 1 fully saturated rings. The molecule has 15 heavy (non-hydrogen) atoms. The highest BCUT2D eigenvalue weighted by molar-refractivity contribution is 5.82. The summed E-state index contributed by atoms with van der Waals surface area (Å²) in [5.74, 6) is 0.549. The average molecular weight is 214 g/mol. The van der Waals surface area contributed by atoms with Crippen molar-refractivity contribution in [3.05, 3.63) is 0 Å². The van der Waals surface area contributed by atoms with Crippen LogP contribution in [-0.2, 0) is 14.3 Å². The average Bonchev–Trinajstić information content (AvgIpc) is 2.69. The van der Waals surface area contributed by atoms with E-state index in [0.717, 1.165) is 12.8 Å². The predicted octanol–water partition coefficient (Wildman–Crippen LogP) is 2.19. The normalized spacial score (nSPS) is 17.5. The molecule has 0 aromatic heterocycles. The predicted molar refractivity (Wildman–Crippen MR) is 58.9 cm³/mol. The van der Waals surface area contributed by atoms with Gasteiger partial charge in [-0.2, -0.15) is 0 Å². The van der Waals surface area contributed by atoms with Gasteiger partial charge in [-0.15, -0.1) is 0 Å². The molecule has 0 aromatic rings. The van der Waals surface area contributed by atoms with Gasteiger partial charge in [0.15, 0.2) is 5.78 Å². The molecule has 0 atom stereocenters. The van der Waals surface area contributed by atoms with Crippen molar-refractivity contribution in [2.45, 2.75) is 45.6 Å². The van der Waals surface area contributed by atoms with Crippen LogP contribution in [0.4, 0.5) is 0 Å². The van der Waals surface area contributed by atoms with Crippen LogP contribution in [0.25, 0.3) is 0 Å². The molecular formula is C12H22O3. The fourth-order valence-corrected chi connectivity index (χ4v) is 1.88. The van der Waals surface area contributed by atoms with Crippen molar-refractivity contribution in [2.24, 2.45) is 5.92 Å². The van der Waals surface area contributed by atoms with Gasteiger partial charge in [0.1, 0.15) is 6.61 Å². The first-order valence-corrected chi connectivity index (χ1v) is 5.92. The van der Waals surface area contributed by atoms with Crippen molar-refractivity contribution >= 4 is 5.78 Å². The Labute approximate surface area is 92.1 Å². The van der Waals surface area contributed by atoms with E-state index in [1.165, 1.54) is 12.8 Å². The maximum atomic E-state index is 11.6. The summed E-state index contributed by atoms with van der Waals surface area (Å²) in [4.78, 5) is 11.6. The summed E-state index contributed by atoms with van der Waals surface area (Å²) in [5, 5.41) is 0. The second-order valence-electron chi connectivity index (χ2n) is 4.42. The molecule has 88 valence electrons. The quantitative estimate of drug-likeness (QED) is 0.609. The monoisotopic (exact) mass is 214 g/mol. The first kappa shape index (κ1) is 12.7. The first-order valence-electron chi connectivity index (χ1n) is 5.92. The van der Waals surface area contributed by atoms with Crippen molar-refractivity contribution in [1.82, 2.24) is 0 Å². The van der Waals surface area contributed by atoms with E-state index in [4.69, 9.17) is 9.47 Å². The zero-order chi connectivity index (χ0) is 11.1. The molecular weight excluding hydrogens is 192 g/mol. The molecule has 1 aliphatic carbocycles. The number of rotatable bonds is 7. The van der Waals surface area contributed by atoms with Gasteiger partial charge >= 0.3 is 0 Å². The molecule has 0 spiro atoms. The molecule has 1 saturated carbocycles. The smallest absolute Gasteiger partial charge is 0.161 e. The van der Waals surface area contributed by atoms with Crippen LogP contribution in [-0.4, -0.2) is 31.7 Å². The highest BCUT2D eigenvalue weighted by Crippen LogP contribution is 2.25. The maximum absolute atomic E-state index is 11.6. The van der Waals surface area contributed by atoms with E-state index in [2.05, 4.69) is 0 Å².